The van der Waals surface area contributed by atoms with E-state index in [9.17, 15) is 0 Å². The predicted molar refractivity (Wildman–Crippen MR) is 69.9 cm³/mol. The smallest absolute Gasteiger partial charge is 0.230 e. The molecule has 2 rings (SSSR count). The largest absolute Gasteiger partial charge is 0.365 e. The molecule has 0 fully saturated rings. The zero-order valence-electron chi connectivity index (χ0n) is 11.0. The van der Waals surface area contributed by atoms with Gasteiger partial charge in [-0.05, 0) is 33.8 Å². The molecule has 96 valence electrons. The SMILES string of the molecule is Cc1cc(Nc2nccc(NC(C)(C)C)n2)no1. The monoisotopic (exact) mass is 247 g/mol. The zero-order valence-corrected chi connectivity index (χ0v) is 11.0. The van der Waals surface area contributed by atoms with Gasteiger partial charge in [-0.1, -0.05) is 5.16 Å². The maximum atomic E-state index is 4.96. The molecule has 6 nitrogen and oxygen atoms in total. The van der Waals surface area contributed by atoms with Gasteiger partial charge in [-0.2, -0.15) is 4.98 Å². The minimum Gasteiger partial charge on any atom is -0.365 e. The molecular formula is C12H17N5O. The summed E-state index contributed by atoms with van der Waals surface area (Å²) in [6.45, 7) is 8.05. The molecule has 0 aliphatic heterocycles. The molecule has 0 saturated carbocycles. The molecule has 2 heterocycles. The van der Waals surface area contributed by atoms with Crippen molar-refractivity contribution in [3.05, 3.63) is 24.1 Å². The van der Waals surface area contributed by atoms with E-state index in [1.54, 1.807) is 12.3 Å². The lowest BCUT2D eigenvalue weighted by Gasteiger charge is -2.21. The highest BCUT2D eigenvalue weighted by atomic mass is 16.5. The Morgan fingerprint density at radius 3 is 2.61 bits per heavy atom. The average Bonchev–Trinajstić information content (AvgIpc) is 2.62. The van der Waals surface area contributed by atoms with E-state index in [4.69, 9.17) is 4.52 Å². The minimum absolute atomic E-state index is 0.0455. The quantitative estimate of drug-likeness (QED) is 0.868. The molecule has 0 radical (unpaired) electrons. The molecule has 0 aliphatic rings. The second-order valence-electron chi connectivity index (χ2n) is 5.09. The van der Waals surface area contributed by atoms with Gasteiger partial charge in [0.05, 0.1) is 0 Å². The summed E-state index contributed by atoms with van der Waals surface area (Å²) >= 11 is 0. The second kappa shape index (κ2) is 4.64. The molecule has 0 atom stereocenters. The summed E-state index contributed by atoms with van der Waals surface area (Å²) in [6, 6.07) is 3.61. The first-order chi connectivity index (χ1) is 8.42. The number of rotatable bonds is 3. The van der Waals surface area contributed by atoms with Gasteiger partial charge in [0, 0.05) is 17.8 Å². The fourth-order valence-corrected chi connectivity index (χ4v) is 1.41. The summed E-state index contributed by atoms with van der Waals surface area (Å²) in [4.78, 5) is 8.48. The Morgan fingerprint density at radius 1 is 1.22 bits per heavy atom. The van der Waals surface area contributed by atoms with Crippen molar-refractivity contribution in [1.29, 1.82) is 0 Å². The summed E-state index contributed by atoms with van der Waals surface area (Å²) < 4.78 is 4.96. The van der Waals surface area contributed by atoms with E-state index in [1.807, 2.05) is 13.0 Å². The molecule has 0 unspecified atom stereocenters. The Kier molecular flexibility index (Phi) is 3.18. The van der Waals surface area contributed by atoms with Crippen molar-refractivity contribution >= 4 is 17.6 Å². The van der Waals surface area contributed by atoms with Crippen LogP contribution in [-0.2, 0) is 0 Å². The van der Waals surface area contributed by atoms with Gasteiger partial charge in [0.15, 0.2) is 5.82 Å². The number of nitrogens with zero attached hydrogens (tertiary/aromatic N) is 3. The van der Waals surface area contributed by atoms with Crippen molar-refractivity contribution in [3.63, 3.8) is 0 Å². The van der Waals surface area contributed by atoms with Crippen molar-refractivity contribution in [2.24, 2.45) is 0 Å². The standard InChI is InChI=1S/C12H17N5O/c1-8-7-10(17-18-8)15-11-13-6-5-9(14-11)16-12(2,3)4/h5-7H,1-4H3,(H2,13,14,15,16,17). The van der Waals surface area contributed by atoms with Crippen LogP contribution in [0.1, 0.15) is 26.5 Å². The van der Waals surface area contributed by atoms with E-state index < -0.39 is 0 Å². The normalized spacial score (nSPS) is 11.3. The van der Waals surface area contributed by atoms with E-state index in [1.165, 1.54) is 0 Å². The van der Waals surface area contributed by atoms with Crippen molar-refractivity contribution in [2.45, 2.75) is 33.2 Å². The predicted octanol–water partition coefficient (Wildman–Crippen LogP) is 2.73. The van der Waals surface area contributed by atoms with E-state index in [2.05, 4.69) is 46.5 Å². The van der Waals surface area contributed by atoms with Gasteiger partial charge in [0.1, 0.15) is 11.6 Å². The second-order valence-corrected chi connectivity index (χ2v) is 5.09. The fraction of sp³-hybridized carbons (Fsp3) is 0.417. The van der Waals surface area contributed by atoms with Crippen LogP contribution in [0.15, 0.2) is 22.9 Å². The number of hydrogen-bond acceptors (Lipinski definition) is 6. The van der Waals surface area contributed by atoms with Crippen LogP contribution in [0, 0.1) is 6.92 Å². The maximum absolute atomic E-state index is 4.96. The van der Waals surface area contributed by atoms with Gasteiger partial charge in [0.2, 0.25) is 5.95 Å². The molecule has 2 N–H and O–H groups in total. The molecule has 18 heavy (non-hydrogen) atoms. The topological polar surface area (TPSA) is 75.9 Å². The highest BCUT2D eigenvalue weighted by Crippen LogP contribution is 2.16. The van der Waals surface area contributed by atoms with Crippen LogP contribution in [0.4, 0.5) is 17.6 Å². The van der Waals surface area contributed by atoms with Crippen LogP contribution in [-0.4, -0.2) is 20.7 Å². The van der Waals surface area contributed by atoms with Gasteiger partial charge in [-0.25, -0.2) is 4.98 Å². The molecule has 0 saturated heterocycles. The van der Waals surface area contributed by atoms with E-state index >= 15 is 0 Å². The molecule has 0 aromatic carbocycles. The molecule has 0 spiro atoms. The summed E-state index contributed by atoms with van der Waals surface area (Å²) in [5.41, 5.74) is -0.0455. The number of anilines is 3. The van der Waals surface area contributed by atoms with Crippen LogP contribution >= 0.6 is 0 Å². The fourth-order valence-electron chi connectivity index (χ4n) is 1.41. The first-order valence-corrected chi connectivity index (χ1v) is 5.74. The Morgan fingerprint density at radius 2 is 2.00 bits per heavy atom. The van der Waals surface area contributed by atoms with Gasteiger partial charge in [-0.15, -0.1) is 0 Å². The van der Waals surface area contributed by atoms with Gasteiger partial charge >= 0.3 is 0 Å². The molecule has 0 amide bonds. The number of aromatic nitrogens is 3. The number of aryl methyl sites for hydroxylation is 1. The van der Waals surface area contributed by atoms with Crippen molar-refractivity contribution in [1.82, 2.24) is 15.1 Å². The molecule has 0 aliphatic carbocycles. The third-order valence-corrected chi connectivity index (χ3v) is 2.03. The summed E-state index contributed by atoms with van der Waals surface area (Å²) in [5, 5.41) is 10.1. The molecule has 2 aromatic rings. The van der Waals surface area contributed by atoms with Crippen LogP contribution in [0.3, 0.4) is 0 Å². The Balaban J connectivity index is 2.12. The molecule has 2 aromatic heterocycles. The van der Waals surface area contributed by atoms with Gasteiger partial charge in [0.25, 0.3) is 0 Å². The summed E-state index contributed by atoms with van der Waals surface area (Å²) in [5.74, 6) is 2.58. The lowest BCUT2D eigenvalue weighted by molar-refractivity contribution is 0.400. The van der Waals surface area contributed by atoms with Gasteiger partial charge < -0.3 is 15.2 Å². The molecule has 0 bridgehead atoms. The van der Waals surface area contributed by atoms with E-state index in [0.29, 0.717) is 11.8 Å². The van der Waals surface area contributed by atoms with Crippen molar-refractivity contribution < 1.29 is 4.52 Å². The van der Waals surface area contributed by atoms with Crippen LogP contribution in [0.5, 0.6) is 0 Å². The lowest BCUT2D eigenvalue weighted by Crippen LogP contribution is -2.26. The Hall–Kier alpha value is -2.11. The average molecular weight is 247 g/mol. The third-order valence-electron chi connectivity index (χ3n) is 2.03. The first-order valence-electron chi connectivity index (χ1n) is 5.74. The first kappa shape index (κ1) is 12.3. The van der Waals surface area contributed by atoms with E-state index in [-0.39, 0.29) is 5.54 Å². The number of nitrogens with one attached hydrogen (secondary N) is 2. The summed E-state index contributed by atoms with van der Waals surface area (Å²) in [6.07, 6.45) is 1.69. The minimum atomic E-state index is -0.0455. The van der Waals surface area contributed by atoms with Crippen LogP contribution < -0.4 is 10.6 Å². The van der Waals surface area contributed by atoms with Crippen LogP contribution in [0.25, 0.3) is 0 Å². The Labute approximate surface area is 106 Å². The number of hydrogen-bond donors (Lipinski definition) is 2. The third kappa shape index (κ3) is 3.44. The van der Waals surface area contributed by atoms with Crippen molar-refractivity contribution in [3.8, 4) is 0 Å². The molecular weight excluding hydrogens is 230 g/mol. The van der Waals surface area contributed by atoms with Crippen molar-refractivity contribution in [2.75, 3.05) is 10.6 Å². The highest BCUT2D eigenvalue weighted by Gasteiger charge is 2.11. The van der Waals surface area contributed by atoms with E-state index in [0.717, 1.165) is 11.6 Å². The Bertz CT molecular complexity index is 529. The summed E-state index contributed by atoms with van der Waals surface area (Å²) in [7, 11) is 0. The van der Waals surface area contributed by atoms with Crippen LogP contribution in [0.2, 0.25) is 0 Å². The molecule has 6 heteroatoms. The maximum Gasteiger partial charge on any atom is 0.230 e. The highest BCUT2D eigenvalue weighted by molar-refractivity contribution is 5.50. The zero-order chi connectivity index (χ0) is 13.2. The van der Waals surface area contributed by atoms with Gasteiger partial charge in [-0.3, -0.25) is 0 Å². The lowest BCUT2D eigenvalue weighted by atomic mass is 10.1.